The standard InChI is InChI=1S/C60H91N9O29S6/c1-2-17-63-58(70)45-36-50(91-22-5-3-15-48(66-61)43-62-18-7-19-64-59(71)46-38-52(93-24-9-30-99(73,74)75)56(97-28-13-34-103(85,86)87)53(39-46)94-25-10-31-100(76,77)78)42-51(37-45)92-23-6-4-16-49-44-69(68-67-49)21-8-20-65-60(72)47-40-54(95-26-11-32-101(79,80)81)57(98-29-14-35-104(88,89)90)55(41-47)96-27-12-33-102(82,83)84/h36-44H,2-35,61H2,1H3,(H,63,70)(H,64,71)(H,65,72)(H,73,74,75)(H,76,77,78)(H,79,80,81)(H,82,83,84)(H,85,86,87)(H,88,89,90). The number of hydrazone groups is 1. The van der Waals surface area contributed by atoms with E-state index in [0.717, 1.165) is 0 Å². The predicted molar refractivity (Wildman–Crippen MR) is 378 cm³/mol. The Kier molecular flexibility index (Phi) is 38.2. The van der Waals surface area contributed by atoms with Gasteiger partial charge in [0.2, 0.25) is 11.5 Å². The molecule has 0 fully saturated rings. The van der Waals surface area contributed by atoms with Crippen molar-refractivity contribution >= 4 is 90.4 Å². The van der Waals surface area contributed by atoms with Gasteiger partial charge in [-0.2, -0.15) is 55.6 Å². The minimum atomic E-state index is -4.36. The second kappa shape index (κ2) is 44.9. The maximum atomic E-state index is 13.5. The maximum absolute atomic E-state index is 13.5. The lowest BCUT2D eigenvalue weighted by Crippen LogP contribution is -2.25. The van der Waals surface area contributed by atoms with Gasteiger partial charge in [-0.25, -0.2) is 0 Å². The summed E-state index contributed by atoms with van der Waals surface area (Å²) in [7, 11) is -26.2. The molecule has 11 N–H and O–H groups in total. The zero-order valence-electron chi connectivity index (χ0n) is 57.1. The molecule has 586 valence electrons. The fourth-order valence-corrected chi connectivity index (χ4v) is 11.9. The molecule has 104 heavy (non-hydrogen) atoms. The molecule has 0 spiro atoms. The van der Waals surface area contributed by atoms with Crippen molar-refractivity contribution in [2.45, 2.75) is 110 Å². The van der Waals surface area contributed by atoms with E-state index < -0.39 is 107 Å². The lowest BCUT2D eigenvalue weighted by atomic mass is 10.1. The SMILES string of the molecule is CCCNC(=O)c1cc(OCCCCC(C=NCCCNC(=O)c2cc(OCCCS(=O)(=O)O)c(OCCCS(=O)(=O)O)c(OCCCS(=O)(=O)O)c2)=NN)cc(OCCCCc2cn(CCCNC(=O)c3cc(OCCCS(=O)(=O)O)c(OCCCS(=O)(=O)O)c(OCCCS(=O)(=O)O)c3)nn2)c1. The molecule has 0 saturated heterocycles. The van der Waals surface area contributed by atoms with Crippen molar-refractivity contribution in [2.75, 3.05) is 114 Å². The van der Waals surface area contributed by atoms with Crippen molar-refractivity contribution in [3.63, 3.8) is 0 Å². The molecule has 44 heteroatoms. The third kappa shape index (κ3) is 39.9. The number of carbonyl (C=O) groups excluding carboxylic acids is 3. The first kappa shape index (κ1) is 88.6. The Labute approximate surface area is 604 Å². The number of aliphatic imine (C=N–C) groups is 1. The molecule has 0 aliphatic carbocycles. The highest BCUT2D eigenvalue weighted by Gasteiger charge is 2.24. The summed E-state index contributed by atoms with van der Waals surface area (Å²) in [5.74, 6) is -0.0969. The van der Waals surface area contributed by atoms with E-state index in [-0.39, 0.29) is 163 Å². The molecule has 0 unspecified atom stereocenters. The number of unbranched alkanes of at least 4 members (excludes halogenated alkanes) is 2. The zero-order chi connectivity index (χ0) is 76.8. The second-order valence-corrected chi connectivity index (χ2v) is 32.4. The highest BCUT2D eigenvalue weighted by atomic mass is 32.2. The van der Waals surface area contributed by atoms with E-state index in [2.05, 4.69) is 36.4 Å². The smallest absolute Gasteiger partial charge is 0.264 e. The van der Waals surface area contributed by atoms with Crippen LogP contribution in [-0.4, -0.2) is 236 Å². The fourth-order valence-electron chi connectivity index (χ4n) is 8.97. The summed E-state index contributed by atoms with van der Waals surface area (Å²) in [4.78, 5) is 44.4. The first-order chi connectivity index (χ1) is 49.0. The summed E-state index contributed by atoms with van der Waals surface area (Å²) >= 11 is 0. The normalized spacial score (nSPS) is 12.4. The van der Waals surface area contributed by atoms with Crippen molar-refractivity contribution in [3.05, 3.63) is 71.0 Å². The van der Waals surface area contributed by atoms with Gasteiger partial charge in [-0.1, -0.05) is 12.1 Å². The fraction of sp³-hybridized carbons (Fsp3) is 0.583. The molecule has 1 aromatic heterocycles. The molecule has 0 saturated carbocycles. The van der Waals surface area contributed by atoms with Gasteiger partial charge in [-0.15, -0.1) is 5.10 Å². The van der Waals surface area contributed by atoms with Crippen LogP contribution in [0.2, 0.25) is 0 Å². The molecular formula is C60H91N9O29S6. The first-order valence-electron chi connectivity index (χ1n) is 32.7. The summed E-state index contributed by atoms with van der Waals surface area (Å²) in [6, 6.07) is 9.91. The van der Waals surface area contributed by atoms with Crippen molar-refractivity contribution < 1.29 is 130 Å². The molecule has 1 heterocycles. The van der Waals surface area contributed by atoms with Crippen LogP contribution < -0.4 is 59.7 Å². The van der Waals surface area contributed by atoms with Gasteiger partial charge in [-0.3, -0.25) is 51.4 Å². The molecule has 0 radical (unpaired) electrons. The Morgan fingerprint density at radius 3 is 1.19 bits per heavy atom. The number of nitrogens with zero attached hydrogens (tertiary/aromatic N) is 5. The maximum Gasteiger partial charge on any atom is 0.264 e. The van der Waals surface area contributed by atoms with Gasteiger partial charge in [0.25, 0.3) is 78.4 Å². The van der Waals surface area contributed by atoms with Crippen LogP contribution in [0.5, 0.6) is 46.0 Å². The van der Waals surface area contributed by atoms with E-state index in [1.54, 1.807) is 29.1 Å². The number of carbonyl (C=O) groups is 3. The number of rotatable bonds is 56. The molecule has 38 nitrogen and oxygen atoms in total. The molecule has 3 aromatic carbocycles. The van der Waals surface area contributed by atoms with Crippen molar-refractivity contribution in [2.24, 2.45) is 15.9 Å². The van der Waals surface area contributed by atoms with Gasteiger partial charge in [0, 0.05) is 67.9 Å². The van der Waals surface area contributed by atoms with Crippen LogP contribution in [0, 0.1) is 0 Å². The monoisotopic (exact) mass is 1590 g/mol. The molecular weight excluding hydrogens is 1500 g/mol. The van der Waals surface area contributed by atoms with Crippen molar-refractivity contribution in [1.82, 2.24) is 30.9 Å². The number of hydrogen-bond donors (Lipinski definition) is 10. The minimum absolute atomic E-state index is 0.0381. The largest absolute Gasteiger partial charge is 0.493 e. The van der Waals surface area contributed by atoms with Gasteiger partial charge in [0.1, 0.15) is 11.5 Å². The highest BCUT2D eigenvalue weighted by Crippen LogP contribution is 2.41. The summed E-state index contributed by atoms with van der Waals surface area (Å²) in [6.07, 6.45) is 6.86. The van der Waals surface area contributed by atoms with Crippen molar-refractivity contribution in [3.8, 4) is 46.0 Å². The van der Waals surface area contributed by atoms with E-state index in [9.17, 15) is 83.1 Å². The quantitative estimate of drug-likeness (QED) is 0.00996. The molecule has 4 aromatic rings. The Balaban J connectivity index is 1.26. The zero-order valence-corrected chi connectivity index (χ0v) is 62.0. The Morgan fingerprint density at radius 1 is 0.452 bits per heavy atom. The minimum Gasteiger partial charge on any atom is -0.493 e. The van der Waals surface area contributed by atoms with Crippen LogP contribution >= 0.6 is 0 Å². The van der Waals surface area contributed by atoms with E-state index in [1.807, 2.05) is 6.92 Å². The summed E-state index contributed by atoms with van der Waals surface area (Å²) in [6.45, 7) is 1.83. The highest BCUT2D eigenvalue weighted by molar-refractivity contribution is 7.86. The number of aryl methyl sites for hydroxylation is 2. The third-order valence-corrected chi connectivity index (χ3v) is 18.7. The number of aromatic nitrogens is 3. The molecule has 0 aliphatic heterocycles. The molecule has 0 bridgehead atoms. The third-order valence-electron chi connectivity index (χ3n) is 13.8. The average molecular weight is 1590 g/mol. The molecule has 4 rings (SSSR count). The first-order valence-corrected chi connectivity index (χ1v) is 42.4. The van der Waals surface area contributed by atoms with Crippen LogP contribution in [-0.2, 0) is 73.7 Å². The van der Waals surface area contributed by atoms with E-state index in [4.69, 9.17) is 52.8 Å². The van der Waals surface area contributed by atoms with Gasteiger partial charge in [0.05, 0.1) is 98.8 Å². The second-order valence-electron chi connectivity index (χ2n) is 22.9. The van der Waals surface area contributed by atoms with Crippen LogP contribution in [0.4, 0.5) is 0 Å². The molecule has 0 aliphatic rings. The summed E-state index contributed by atoms with van der Waals surface area (Å²) in [5.41, 5.74) is 1.42. The van der Waals surface area contributed by atoms with Crippen LogP contribution in [0.1, 0.15) is 134 Å². The lowest BCUT2D eigenvalue weighted by molar-refractivity contribution is 0.0943. The number of nitrogens with two attached hydrogens (primary N) is 1. The number of hydrogen-bond acceptors (Lipinski definition) is 28. The topological polar surface area (TPSA) is 569 Å². The van der Waals surface area contributed by atoms with Crippen LogP contribution in [0.25, 0.3) is 0 Å². The van der Waals surface area contributed by atoms with E-state index in [0.29, 0.717) is 99.3 Å². The Hall–Kier alpha value is -7.79. The van der Waals surface area contributed by atoms with Gasteiger partial charge >= 0.3 is 0 Å². The number of benzene rings is 3. The van der Waals surface area contributed by atoms with E-state index >= 15 is 0 Å². The van der Waals surface area contributed by atoms with Gasteiger partial charge < -0.3 is 59.7 Å². The summed E-state index contributed by atoms with van der Waals surface area (Å²) < 4.78 is 239. The number of amides is 3. The van der Waals surface area contributed by atoms with Gasteiger partial charge in [0.15, 0.2) is 23.0 Å². The predicted octanol–water partition coefficient (Wildman–Crippen LogP) is 3.33. The molecule has 0 atom stereocenters. The van der Waals surface area contributed by atoms with Crippen LogP contribution in [0.15, 0.2) is 58.8 Å². The number of ether oxygens (including phenoxy) is 8. The van der Waals surface area contributed by atoms with Crippen molar-refractivity contribution in [1.29, 1.82) is 0 Å². The molecule has 3 amide bonds. The van der Waals surface area contributed by atoms with Crippen LogP contribution in [0.3, 0.4) is 0 Å². The average Bonchev–Trinajstić information content (AvgIpc) is 0.898. The lowest BCUT2D eigenvalue weighted by Gasteiger charge is -2.18. The Morgan fingerprint density at radius 2 is 0.808 bits per heavy atom. The number of nitrogens with one attached hydrogen (secondary N) is 3. The van der Waals surface area contributed by atoms with E-state index in [1.165, 1.54) is 30.5 Å². The summed E-state index contributed by atoms with van der Waals surface area (Å²) in [5, 5.41) is 20.6. The Bertz CT molecular complexity index is 4060. The van der Waals surface area contributed by atoms with Gasteiger partial charge in [-0.05, 0) is 133 Å².